The van der Waals surface area contributed by atoms with Crippen LogP contribution in [0.4, 0.5) is 10.2 Å². The number of nitrogens with zero attached hydrogens (tertiary/aromatic N) is 3. The van der Waals surface area contributed by atoms with Gasteiger partial charge < -0.3 is 4.90 Å². The number of sulfonamides is 1. The Balaban J connectivity index is 2.20. The summed E-state index contributed by atoms with van der Waals surface area (Å²) in [6.07, 6.45) is 1.83. The Bertz CT molecular complexity index is 593. The maximum absolute atomic E-state index is 14.2. The van der Waals surface area contributed by atoms with Gasteiger partial charge in [0.2, 0.25) is 10.0 Å². The summed E-state index contributed by atoms with van der Waals surface area (Å²) < 4.78 is 36.6. The summed E-state index contributed by atoms with van der Waals surface area (Å²) in [5.74, 6) is -0.242. The predicted molar refractivity (Wildman–Crippen MR) is 74.2 cm³/mol. The standard InChI is InChI=1S/C12H19FN4O2S/c1-3-10-11(13)12(16-7-15-10)17-4-8(2)9(5-17)6-20(14,18)19/h7-9H,3-6H2,1-2H3,(H2,14,18,19)/t8-,9+/m1/s1. The maximum atomic E-state index is 14.2. The lowest BCUT2D eigenvalue weighted by atomic mass is 10.0. The lowest BCUT2D eigenvalue weighted by Gasteiger charge is -2.18. The summed E-state index contributed by atoms with van der Waals surface area (Å²) in [7, 11) is -3.52. The summed E-state index contributed by atoms with van der Waals surface area (Å²) in [5.41, 5.74) is 0.373. The van der Waals surface area contributed by atoms with Crippen LogP contribution in [0.3, 0.4) is 0 Å². The molecule has 1 aromatic rings. The molecular weight excluding hydrogens is 283 g/mol. The summed E-state index contributed by atoms with van der Waals surface area (Å²) in [6, 6.07) is 0. The zero-order valence-corrected chi connectivity index (χ0v) is 12.4. The zero-order chi connectivity index (χ0) is 14.9. The first kappa shape index (κ1) is 15.1. The first-order valence-corrected chi connectivity index (χ1v) is 8.28. The van der Waals surface area contributed by atoms with E-state index in [1.807, 2.05) is 13.8 Å². The lowest BCUT2D eigenvalue weighted by molar-refractivity contribution is 0.486. The number of rotatable bonds is 4. The molecule has 0 aromatic carbocycles. The quantitative estimate of drug-likeness (QED) is 0.877. The molecule has 0 spiro atoms. The van der Waals surface area contributed by atoms with Crippen molar-refractivity contribution in [2.24, 2.45) is 17.0 Å². The third-order valence-electron chi connectivity index (χ3n) is 3.69. The average Bonchev–Trinajstić information content (AvgIpc) is 2.69. The molecule has 0 unspecified atom stereocenters. The third kappa shape index (κ3) is 3.24. The van der Waals surface area contributed by atoms with Gasteiger partial charge in [-0.2, -0.15) is 0 Å². The molecule has 2 heterocycles. The summed E-state index contributed by atoms with van der Waals surface area (Å²) in [4.78, 5) is 9.67. The molecule has 0 amide bonds. The highest BCUT2D eigenvalue weighted by molar-refractivity contribution is 7.89. The Morgan fingerprint density at radius 1 is 1.45 bits per heavy atom. The fourth-order valence-electron chi connectivity index (χ4n) is 2.59. The first-order valence-electron chi connectivity index (χ1n) is 6.56. The van der Waals surface area contributed by atoms with Gasteiger partial charge in [0.25, 0.3) is 0 Å². The minimum atomic E-state index is -3.52. The Kier molecular flexibility index (Phi) is 4.24. The normalized spacial score (nSPS) is 23.3. The average molecular weight is 302 g/mol. The van der Waals surface area contributed by atoms with Gasteiger partial charge in [-0.1, -0.05) is 13.8 Å². The van der Waals surface area contributed by atoms with Crippen molar-refractivity contribution in [3.8, 4) is 0 Å². The second-order valence-corrected chi connectivity index (χ2v) is 6.94. The van der Waals surface area contributed by atoms with Gasteiger partial charge in [0.15, 0.2) is 11.6 Å². The molecule has 1 aliphatic rings. The molecule has 6 nitrogen and oxygen atoms in total. The molecule has 0 saturated carbocycles. The second-order valence-electron chi connectivity index (χ2n) is 5.28. The molecular formula is C12H19FN4O2S. The zero-order valence-electron chi connectivity index (χ0n) is 11.6. The van der Waals surface area contributed by atoms with Gasteiger partial charge in [0, 0.05) is 13.1 Å². The van der Waals surface area contributed by atoms with E-state index in [0.717, 1.165) is 0 Å². The van der Waals surface area contributed by atoms with E-state index in [4.69, 9.17) is 5.14 Å². The maximum Gasteiger partial charge on any atom is 0.209 e. The van der Waals surface area contributed by atoms with Crippen molar-refractivity contribution in [1.29, 1.82) is 0 Å². The SMILES string of the molecule is CCc1ncnc(N2C[C@@H](CS(N)(=O)=O)[C@H](C)C2)c1F. The molecule has 1 aromatic heterocycles. The summed E-state index contributed by atoms with van der Waals surface area (Å²) >= 11 is 0. The number of primary sulfonamides is 1. The molecule has 1 saturated heterocycles. The van der Waals surface area contributed by atoms with Crippen molar-refractivity contribution < 1.29 is 12.8 Å². The number of aryl methyl sites for hydroxylation is 1. The topological polar surface area (TPSA) is 89.2 Å². The van der Waals surface area contributed by atoms with E-state index >= 15 is 0 Å². The van der Waals surface area contributed by atoms with E-state index in [9.17, 15) is 12.8 Å². The van der Waals surface area contributed by atoms with Gasteiger partial charge in [-0.3, -0.25) is 0 Å². The number of aromatic nitrogens is 2. The molecule has 112 valence electrons. The van der Waals surface area contributed by atoms with Gasteiger partial charge in [-0.15, -0.1) is 0 Å². The number of nitrogens with two attached hydrogens (primary N) is 1. The monoisotopic (exact) mass is 302 g/mol. The van der Waals surface area contributed by atoms with Crippen LogP contribution in [-0.4, -0.2) is 37.2 Å². The fourth-order valence-corrected chi connectivity index (χ4v) is 3.62. The second kappa shape index (κ2) is 5.61. The minimum Gasteiger partial charge on any atom is -0.353 e. The van der Waals surface area contributed by atoms with Gasteiger partial charge in [-0.25, -0.2) is 27.9 Å². The van der Waals surface area contributed by atoms with E-state index in [1.165, 1.54) is 6.33 Å². The van der Waals surface area contributed by atoms with E-state index in [2.05, 4.69) is 9.97 Å². The highest BCUT2D eigenvalue weighted by Crippen LogP contribution is 2.29. The predicted octanol–water partition coefficient (Wildman–Crippen LogP) is 0.539. The molecule has 1 fully saturated rings. The lowest BCUT2D eigenvalue weighted by Crippen LogP contribution is -2.28. The number of hydrogen-bond acceptors (Lipinski definition) is 5. The number of halogens is 1. The molecule has 20 heavy (non-hydrogen) atoms. The largest absolute Gasteiger partial charge is 0.353 e. The first-order chi connectivity index (χ1) is 9.31. The van der Waals surface area contributed by atoms with Crippen LogP contribution in [-0.2, 0) is 16.4 Å². The van der Waals surface area contributed by atoms with Crippen LogP contribution >= 0.6 is 0 Å². The molecule has 0 aliphatic carbocycles. The highest BCUT2D eigenvalue weighted by Gasteiger charge is 2.34. The Morgan fingerprint density at radius 2 is 2.15 bits per heavy atom. The van der Waals surface area contributed by atoms with E-state index in [-0.39, 0.29) is 23.4 Å². The van der Waals surface area contributed by atoms with Gasteiger partial charge in [-0.05, 0) is 18.3 Å². The molecule has 0 radical (unpaired) electrons. The Labute approximate surface area is 118 Å². The van der Waals surface area contributed by atoms with Crippen LogP contribution in [0, 0.1) is 17.7 Å². The number of hydrogen-bond donors (Lipinski definition) is 1. The Morgan fingerprint density at radius 3 is 2.75 bits per heavy atom. The minimum absolute atomic E-state index is 0.0853. The molecule has 2 rings (SSSR count). The van der Waals surface area contributed by atoms with Crippen molar-refractivity contribution in [2.45, 2.75) is 20.3 Å². The van der Waals surface area contributed by atoms with Crippen molar-refractivity contribution >= 4 is 15.8 Å². The molecule has 8 heteroatoms. The van der Waals surface area contributed by atoms with E-state index in [0.29, 0.717) is 25.2 Å². The van der Waals surface area contributed by atoms with Crippen LogP contribution in [0.2, 0.25) is 0 Å². The molecule has 0 bridgehead atoms. The van der Waals surface area contributed by atoms with Crippen molar-refractivity contribution in [3.05, 3.63) is 17.8 Å². The fraction of sp³-hybridized carbons (Fsp3) is 0.667. The van der Waals surface area contributed by atoms with Crippen molar-refractivity contribution in [1.82, 2.24) is 9.97 Å². The molecule has 2 atom stereocenters. The van der Waals surface area contributed by atoms with Gasteiger partial charge in [0.05, 0.1) is 11.4 Å². The van der Waals surface area contributed by atoms with Crippen LogP contribution in [0.5, 0.6) is 0 Å². The van der Waals surface area contributed by atoms with Crippen molar-refractivity contribution in [2.75, 3.05) is 23.7 Å². The molecule has 1 aliphatic heterocycles. The van der Waals surface area contributed by atoms with Crippen LogP contribution < -0.4 is 10.0 Å². The van der Waals surface area contributed by atoms with Crippen molar-refractivity contribution in [3.63, 3.8) is 0 Å². The van der Waals surface area contributed by atoms with Crippen LogP contribution in [0.1, 0.15) is 19.5 Å². The molecule has 2 N–H and O–H groups in total. The summed E-state index contributed by atoms with van der Waals surface area (Å²) in [5, 5.41) is 5.09. The summed E-state index contributed by atoms with van der Waals surface area (Å²) in [6.45, 7) is 4.77. The van der Waals surface area contributed by atoms with E-state index < -0.39 is 15.8 Å². The Hall–Kier alpha value is -1.28. The number of anilines is 1. The van der Waals surface area contributed by atoms with Gasteiger partial charge >= 0.3 is 0 Å². The van der Waals surface area contributed by atoms with Gasteiger partial charge in [0.1, 0.15) is 6.33 Å². The third-order valence-corrected chi connectivity index (χ3v) is 4.58. The van der Waals surface area contributed by atoms with E-state index in [1.54, 1.807) is 4.90 Å². The highest BCUT2D eigenvalue weighted by atomic mass is 32.2. The van der Waals surface area contributed by atoms with Crippen LogP contribution in [0.25, 0.3) is 0 Å². The smallest absolute Gasteiger partial charge is 0.209 e. The van der Waals surface area contributed by atoms with Crippen LogP contribution in [0.15, 0.2) is 6.33 Å².